The fourth-order valence-corrected chi connectivity index (χ4v) is 4.28. The van der Waals surface area contributed by atoms with E-state index in [1.165, 1.54) is 24.0 Å². The molecule has 0 bridgehead atoms. The number of hydrogen-bond acceptors (Lipinski definition) is 0. The van der Waals surface area contributed by atoms with Crippen LogP contribution in [0.15, 0.2) is 24.3 Å². The maximum Gasteiger partial charge on any atom is -0.0131 e. The minimum atomic E-state index is 0.285. The molecule has 0 heteroatoms. The molecule has 3 atom stereocenters. The molecule has 0 nitrogen and oxygen atoms in total. The summed E-state index contributed by atoms with van der Waals surface area (Å²) in [5, 5.41) is 0. The molecule has 0 spiro atoms. The lowest BCUT2D eigenvalue weighted by atomic mass is 9.52. The monoisotopic (exact) mass is 316 g/mol. The van der Waals surface area contributed by atoms with E-state index in [0.29, 0.717) is 22.7 Å². The molecule has 0 fully saturated rings. The molecule has 0 aliphatic carbocycles. The maximum absolute atomic E-state index is 2.51. The summed E-state index contributed by atoms with van der Waals surface area (Å²) in [5.74, 6) is 1.26. The van der Waals surface area contributed by atoms with Gasteiger partial charge in [-0.3, -0.25) is 0 Å². The van der Waals surface area contributed by atoms with Gasteiger partial charge in [-0.15, -0.1) is 0 Å². The molecule has 0 amide bonds. The lowest BCUT2D eigenvalue weighted by Gasteiger charge is -2.53. The first-order chi connectivity index (χ1) is 10.3. The van der Waals surface area contributed by atoms with E-state index < -0.39 is 0 Å². The highest BCUT2D eigenvalue weighted by Crippen LogP contribution is 2.56. The Balaban J connectivity index is 3.17. The van der Waals surface area contributed by atoms with Crippen molar-refractivity contribution in [2.45, 2.75) is 88.0 Å². The largest absolute Gasteiger partial charge is 0.0648 e. The van der Waals surface area contributed by atoms with Crippen LogP contribution in [0.2, 0.25) is 0 Å². The molecule has 23 heavy (non-hydrogen) atoms. The first-order valence-electron chi connectivity index (χ1n) is 9.41. The molecule has 0 aromatic heterocycles. The quantitative estimate of drug-likeness (QED) is 0.506. The van der Waals surface area contributed by atoms with Crippen LogP contribution in [-0.2, 0) is 0 Å². The summed E-state index contributed by atoms with van der Waals surface area (Å²) in [5.41, 5.74) is 3.79. The molecular formula is C23H40. The maximum atomic E-state index is 2.51. The van der Waals surface area contributed by atoms with Crippen molar-refractivity contribution in [3.05, 3.63) is 35.4 Å². The van der Waals surface area contributed by atoms with Gasteiger partial charge in [0.1, 0.15) is 0 Å². The van der Waals surface area contributed by atoms with Crippen molar-refractivity contribution >= 4 is 0 Å². The van der Waals surface area contributed by atoms with Crippen LogP contribution in [0, 0.1) is 29.1 Å². The van der Waals surface area contributed by atoms with Gasteiger partial charge in [0.05, 0.1) is 0 Å². The fraction of sp³-hybridized carbons (Fsp3) is 0.739. The summed E-state index contributed by atoms with van der Waals surface area (Å²) in [6.45, 7) is 24.0. The zero-order chi connectivity index (χ0) is 18.1. The smallest absolute Gasteiger partial charge is 0.0131 e. The zero-order valence-corrected chi connectivity index (χ0v) is 17.4. The second kappa shape index (κ2) is 6.99. The third-order valence-electron chi connectivity index (χ3n) is 6.89. The number of benzene rings is 1. The highest BCUT2D eigenvalue weighted by molar-refractivity contribution is 5.26. The molecule has 1 aromatic rings. The molecule has 0 saturated heterocycles. The molecule has 0 heterocycles. The normalized spacial score (nSPS) is 18.3. The van der Waals surface area contributed by atoms with Crippen LogP contribution in [0.5, 0.6) is 0 Å². The Morgan fingerprint density at radius 3 is 1.74 bits per heavy atom. The van der Waals surface area contributed by atoms with Gasteiger partial charge in [-0.25, -0.2) is 0 Å². The van der Waals surface area contributed by atoms with Crippen molar-refractivity contribution in [2.24, 2.45) is 22.2 Å². The minimum Gasteiger partial charge on any atom is -0.0648 e. The molecule has 3 unspecified atom stereocenters. The summed E-state index contributed by atoms with van der Waals surface area (Å²) in [6, 6.07) is 9.18. The molecule has 0 N–H and O–H groups in total. The number of rotatable bonds is 6. The fourth-order valence-electron chi connectivity index (χ4n) is 4.28. The van der Waals surface area contributed by atoms with Gasteiger partial charge in [0, 0.05) is 0 Å². The molecule has 1 rings (SSSR count). The highest BCUT2D eigenvalue weighted by atomic mass is 14.5. The lowest BCUT2D eigenvalue weighted by Crippen LogP contribution is -2.44. The van der Waals surface area contributed by atoms with Gasteiger partial charge in [0.15, 0.2) is 0 Å². The topological polar surface area (TPSA) is 0 Å². The number of hydrogen-bond donors (Lipinski definition) is 0. The first kappa shape index (κ1) is 20.3. The Kier molecular flexibility index (Phi) is 6.16. The van der Waals surface area contributed by atoms with Crippen LogP contribution in [0.4, 0.5) is 0 Å². The lowest BCUT2D eigenvalue weighted by molar-refractivity contribution is -0.00875. The summed E-state index contributed by atoms with van der Waals surface area (Å²) in [7, 11) is 0. The van der Waals surface area contributed by atoms with Crippen LogP contribution in [-0.4, -0.2) is 0 Å². The van der Waals surface area contributed by atoms with Gasteiger partial charge in [-0.2, -0.15) is 0 Å². The van der Waals surface area contributed by atoms with Crippen LogP contribution in [0.3, 0.4) is 0 Å². The Morgan fingerprint density at radius 1 is 0.870 bits per heavy atom. The van der Waals surface area contributed by atoms with E-state index in [2.05, 4.69) is 93.5 Å². The highest BCUT2D eigenvalue weighted by Gasteiger charge is 2.47. The van der Waals surface area contributed by atoms with Crippen molar-refractivity contribution in [3.8, 4) is 0 Å². The molecule has 1 aromatic carbocycles. The molecular weight excluding hydrogens is 276 g/mol. The van der Waals surface area contributed by atoms with Crippen LogP contribution >= 0.6 is 0 Å². The van der Waals surface area contributed by atoms with Crippen molar-refractivity contribution in [2.75, 3.05) is 0 Å². The van der Waals surface area contributed by atoms with Crippen molar-refractivity contribution in [1.29, 1.82) is 0 Å². The van der Waals surface area contributed by atoms with Crippen LogP contribution in [0.25, 0.3) is 0 Å². The molecule has 0 saturated carbocycles. The van der Waals surface area contributed by atoms with Crippen molar-refractivity contribution in [1.82, 2.24) is 0 Å². The summed E-state index contributed by atoms with van der Waals surface area (Å²) in [6.07, 6.45) is 2.49. The van der Waals surface area contributed by atoms with E-state index in [-0.39, 0.29) is 5.41 Å². The minimum absolute atomic E-state index is 0.285. The van der Waals surface area contributed by atoms with Gasteiger partial charge < -0.3 is 0 Å². The van der Waals surface area contributed by atoms with Crippen molar-refractivity contribution in [3.63, 3.8) is 0 Å². The second-order valence-electron chi connectivity index (χ2n) is 9.79. The second-order valence-corrected chi connectivity index (χ2v) is 9.79. The van der Waals surface area contributed by atoms with E-state index in [4.69, 9.17) is 0 Å². The Bertz CT molecular complexity index is 486. The van der Waals surface area contributed by atoms with E-state index in [1.807, 2.05) is 0 Å². The van der Waals surface area contributed by atoms with Gasteiger partial charge >= 0.3 is 0 Å². The molecule has 0 aliphatic rings. The van der Waals surface area contributed by atoms with Crippen molar-refractivity contribution < 1.29 is 0 Å². The summed E-state index contributed by atoms with van der Waals surface area (Å²) < 4.78 is 0. The molecule has 132 valence electrons. The van der Waals surface area contributed by atoms with Crippen LogP contribution in [0.1, 0.15) is 92.2 Å². The zero-order valence-electron chi connectivity index (χ0n) is 17.4. The third kappa shape index (κ3) is 4.40. The Hall–Kier alpha value is -0.780. The third-order valence-corrected chi connectivity index (χ3v) is 6.89. The van der Waals surface area contributed by atoms with Crippen LogP contribution < -0.4 is 0 Å². The van der Waals surface area contributed by atoms with Gasteiger partial charge in [0.25, 0.3) is 0 Å². The Labute approximate surface area is 146 Å². The van der Waals surface area contributed by atoms with E-state index >= 15 is 0 Å². The summed E-state index contributed by atoms with van der Waals surface area (Å²) >= 11 is 0. The van der Waals surface area contributed by atoms with E-state index in [0.717, 1.165) is 0 Å². The average Bonchev–Trinajstić information content (AvgIpc) is 2.44. The standard InChI is InChI=1S/C23H40/c1-11-23(10,19(4)20-14-12-17(2)13-15-20)22(8,9)18(3)16-21(5,6)7/h12-15,18-19H,11,16H2,1-10H3. The SMILES string of the molecule is CCC(C)(C(C)c1ccc(C)cc1)C(C)(C)C(C)CC(C)(C)C. The Morgan fingerprint density at radius 2 is 1.35 bits per heavy atom. The average molecular weight is 317 g/mol. The number of aryl methyl sites for hydroxylation is 1. The molecule has 0 radical (unpaired) electrons. The van der Waals surface area contributed by atoms with E-state index in [9.17, 15) is 0 Å². The predicted molar refractivity (Wildman–Crippen MR) is 105 cm³/mol. The molecule has 0 aliphatic heterocycles. The van der Waals surface area contributed by atoms with E-state index in [1.54, 1.807) is 0 Å². The van der Waals surface area contributed by atoms with Gasteiger partial charge in [-0.1, -0.05) is 92.1 Å². The van der Waals surface area contributed by atoms with Gasteiger partial charge in [-0.05, 0) is 53.4 Å². The predicted octanol–water partition coefficient (Wildman–Crippen LogP) is 7.61. The summed E-state index contributed by atoms with van der Waals surface area (Å²) in [4.78, 5) is 0. The van der Waals surface area contributed by atoms with Gasteiger partial charge in [0.2, 0.25) is 0 Å². The first-order valence-corrected chi connectivity index (χ1v) is 9.41.